The Hall–Kier alpha value is -2.02. The molecule has 0 radical (unpaired) electrons. The Bertz CT molecular complexity index is 1620. The number of hydrogen-bond donors (Lipinski definition) is 0. The first kappa shape index (κ1) is 37.2. The lowest BCUT2D eigenvalue weighted by Crippen LogP contribution is -2.34. The summed E-state index contributed by atoms with van der Waals surface area (Å²) in [6.07, 6.45) is 26.0. The highest BCUT2D eigenvalue weighted by atomic mass is 32.1. The van der Waals surface area contributed by atoms with Crippen molar-refractivity contribution in [3.63, 3.8) is 0 Å². The highest BCUT2D eigenvalue weighted by Gasteiger charge is 2.40. The number of carbonyl (C=O) groups excluding carboxylic acids is 2. The summed E-state index contributed by atoms with van der Waals surface area (Å²) >= 11 is 5.46. The van der Waals surface area contributed by atoms with Crippen molar-refractivity contribution in [2.45, 2.75) is 156 Å². The van der Waals surface area contributed by atoms with Crippen molar-refractivity contribution >= 4 is 64.6 Å². The standard InChI is InChI=1S/C42H59NO2S3/c1-5-7-9-11-13-15-16-18-20-22-24-32(23-21-19-17-14-12-10-8-6-2)29-43-41(44)37-30(3)25-26-33(38(37)42(43)45)34-28-36-40(48-34)39-35(47-36)27-31(4)46-39/h25-28,32H,5-24,29H2,1-4H3. The number of thiophene rings is 3. The van der Waals surface area contributed by atoms with Gasteiger partial charge in [-0.2, -0.15) is 0 Å². The monoisotopic (exact) mass is 705 g/mol. The molecule has 1 aromatic carbocycles. The van der Waals surface area contributed by atoms with E-state index in [1.54, 1.807) is 16.2 Å². The van der Waals surface area contributed by atoms with Crippen LogP contribution in [0.5, 0.6) is 0 Å². The largest absolute Gasteiger partial charge is 0.274 e. The Balaban J connectivity index is 1.23. The van der Waals surface area contributed by atoms with Gasteiger partial charge in [0, 0.05) is 31.3 Å². The molecule has 0 spiro atoms. The van der Waals surface area contributed by atoms with Crippen LogP contribution in [0.25, 0.3) is 29.2 Å². The van der Waals surface area contributed by atoms with Gasteiger partial charge in [0.1, 0.15) is 0 Å². The average Bonchev–Trinajstić information content (AvgIpc) is 3.79. The molecule has 5 rings (SSSR count). The highest BCUT2D eigenvalue weighted by Crippen LogP contribution is 2.47. The molecule has 3 nitrogen and oxygen atoms in total. The van der Waals surface area contributed by atoms with Gasteiger partial charge in [-0.15, -0.1) is 34.0 Å². The summed E-state index contributed by atoms with van der Waals surface area (Å²) in [5.74, 6) is 0.229. The second-order valence-corrected chi connectivity index (χ2v) is 17.8. The van der Waals surface area contributed by atoms with Gasteiger partial charge in [0.15, 0.2) is 0 Å². The van der Waals surface area contributed by atoms with Crippen LogP contribution in [0.4, 0.5) is 0 Å². The molecular formula is C42H59NO2S3. The third kappa shape index (κ3) is 9.40. The Morgan fingerprint density at radius 3 is 1.67 bits per heavy atom. The number of imide groups is 1. The molecule has 0 N–H and O–H groups in total. The molecule has 1 aliphatic heterocycles. The Morgan fingerprint density at radius 2 is 1.08 bits per heavy atom. The van der Waals surface area contributed by atoms with Gasteiger partial charge in [0.25, 0.3) is 11.8 Å². The van der Waals surface area contributed by atoms with E-state index in [1.807, 2.05) is 35.7 Å². The van der Waals surface area contributed by atoms with Crippen LogP contribution in [0, 0.1) is 19.8 Å². The molecule has 262 valence electrons. The second kappa shape index (κ2) is 18.8. The molecule has 4 aromatic rings. The van der Waals surface area contributed by atoms with E-state index in [0.717, 1.165) is 28.8 Å². The van der Waals surface area contributed by atoms with Crippen molar-refractivity contribution in [3.05, 3.63) is 45.8 Å². The number of aryl methyl sites for hydroxylation is 2. The molecule has 1 aliphatic rings. The first-order valence-electron chi connectivity index (χ1n) is 19.4. The Labute approximate surface area is 302 Å². The van der Waals surface area contributed by atoms with Gasteiger partial charge < -0.3 is 0 Å². The van der Waals surface area contributed by atoms with Crippen LogP contribution in [-0.4, -0.2) is 23.3 Å². The van der Waals surface area contributed by atoms with Gasteiger partial charge in [0.05, 0.1) is 20.5 Å². The minimum atomic E-state index is -0.0773. The van der Waals surface area contributed by atoms with Gasteiger partial charge in [0.2, 0.25) is 0 Å². The summed E-state index contributed by atoms with van der Waals surface area (Å²) in [7, 11) is 0. The van der Waals surface area contributed by atoms with Crippen LogP contribution in [0.15, 0.2) is 24.3 Å². The molecule has 1 atom stereocenters. The Kier molecular flexibility index (Phi) is 14.6. The molecule has 0 saturated carbocycles. The quantitative estimate of drug-likeness (QED) is 0.0569. The number of amides is 2. The lowest BCUT2D eigenvalue weighted by atomic mass is 9.93. The predicted octanol–water partition coefficient (Wildman–Crippen LogP) is 14.5. The molecule has 3 aromatic heterocycles. The normalized spacial score (nSPS) is 13.9. The smallest absolute Gasteiger partial charge is 0.262 e. The van der Waals surface area contributed by atoms with Crippen molar-refractivity contribution < 1.29 is 9.59 Å². The maximum atomic E-state index is 14.2. The molecule has 2 amide bonds. The third-order valence-electron chi connectivity index (χ3n) is 10.4. The van der Waals surface area contributed by atoms with Gasteiger partial charge in [-0.1, -0.05) is 142 Å². The fourth-order valence-corrected chi connectivity index (χ4v) is 11.6. The fourth-order valence-electron chi connectivity index (χ4n) is 7.59. The fraction of sp³-hybridized carbons (Fsp3) is 0.619. The summed E-state index contributed by atoms with van der Waals surface area (Å²) in [5.41, 5.74) is 3.12. The highest BCUT2D eigenvalue weighted by molar-refractivity contribution is 7.39. The van der Waals surface area contributed by atoms with E-state index in [4.69, 9.17) is 0 Å². The lowest BCUT2D eigenvalue weighted by molar-refractivity contribution is 0.0621. The Morgan fingerprint density at radius 1 is 0.583 bits per heavy atom. The zero-order valence-electron chi connectivity index (χ0n) is 30.2. The minimum absolute atomic E-state index is 0.0759. The van der Waals surface area contributed by atoms with E-state index < -0.39 is 0 Å². The van der Waals surface area contributed by atoms with Crippen LogP contribution in [0.2, 0.25) is 0 Å². The van der Waals surface area contributed by atoms with Crippen molar-refractivity contribution in [2.24, 2.45) is 5.92 Å². The summed E-state index contributed by atoms with van der Waals surface area (Å²) < 4.78 is 5.29. The lowest BCUT2D eigenvalue weighted by Gasteiger charge is -2.23. The number of nitrogens with zero attached hydrogens (tertiary/aromatic N) is 1. The number of carbonyl (C=O) groups is 2. The summed E-state index contributed by atoms with van der Waals surface area (Å²) in [4.78, 5) is 32.3. The van der Waals surface area contributed by atoms with Gasteiger partial charge >= 0.3 is 0 Å². The van der Waals surface area contributed by atoms with Gasteiger partial charge in [-0.3, -0.25) is 14.5 Å². The zero-order chi connectivity index (χ0) is 33.9. The maximum absolute atomic E-state index is 14.2. The van der Waals surface area contributed by atoms with Crippen LogP contribution in [0.3, 0.4) is 0 Å². The molecule has 0 fully saturated rings. The topological polar surface area (TPSA) is 37.4 Å². The first-order chi connectivity index (χ1) is 23.4. The molecule has 6 heteroatoms. The number of unbranched alkanes of at least 4 members (excludes halogenated alkanes) is 16. The van der Waals surface area contributed by atoms with Crippen molar-refractivity contribution in [1.82, 2.24) is 4.90 Å². The second-order valence-electron chi connectivity index (χ2n) is 14.5. The van der Waals surface area contributed by atoms with E-state index in [1.165, 1.54) is 139 Å². The summed E-state index contributed by atoms with van der Waals surface area (Å²) in [6.45, 7) is 9.28. The van der Waals surface area contributed by atoms with E-state index >= 15 is 0 Å². The van der Waals surface area contributed by atoms with E-state index in [9.17, 15) is 9.59 Å². The summed E-state index contributed by atoms with van der Waals surface area (Å²) in [5, 5.41) is 0. The van der Waals surface area contributed by atoms with E-state index in [0.29, 0.717) is 23.6 Å². The maximum Gasteiger partial charge on any atom is 0.262 e. The van der Waals surface area contributed by atoms with Crippen molar-refractivity contribution in [3.8, 4) is 10.4 Å². The van der Waals surface area contributed by atoms with Crippen LogP contribution >= 0.6 is 34.0 Å². The molecule has 0 saturated heterocycles. The molecule has 1 unspecified atom stereocenters. The van der Waals surface area contributed by atoms with Crippen molar-refractivity contribution in [1.29, 1.82) is 0 Å². The summed E-state index contributed by atoms with van der Waals surface area (Å²) in [6, 6.07) is 8.65. The third-order valence-corrected chi connectivity index (χ3v) is 14.1. The van der Waals surface area contributed by atoms with Crippen LogP contribution < -0.4 is 0 Å². The first-order valence-corrected chi connectivity index (χ1v) is 21.8. The molecule has 4 heterocycles. The van der Waals surface area contributed by atoms with E-state index in [2.05, 4.69) is 39.0 Å². The number of fused-ring (bicyclic) bond motifs is 4. The number of benzene rings is 1. The van der Waals surface area contributed by atoms with E-state index in [-0.39, 0.29) is 11.8 Å². The van der Waals surface area contributed by atoms with Crippen molar-refractivity contribution in [2.75, 3.05) is 6.54 Å². The average molecular weight is 706 g/mol. The SMILES string of the molecule is CCCCCCCCCCCCC(CCCCCCCCCC)CN1C(=O)c2c(C)ccc(-c3cc4sc5cc(C)sc5c4s3)c2C1=O. The molecule has 48 heavy (non-hydrogen) atoms. The van der Waals surface area contributed by atoms with Gasteiger partial charge in [-0.05, 0) is 50.3 Å². The predicted molar refractivity (Wildman–Crippen MR) is 213 cm³/mol. The zero-order valence-corrected chi connectivity index (χ0v) is 32.7. The van der Waals surface area contributed by atoms with Crippen LogP contribution in [-0.2, 0) is 0 Å². The molecule has 0 aliphatic carbocycles. The molecular weight excluding hydrogens is 647 g/mol. The number of rotatable bonds is 23. The number of hydrogen-bond acceptors (Lipinski definition) is 5. The van der Waals surface area contributed by atoms with Gasteiger partial charge in [-0.25, -0.2) is 0 Å². The minimum Gasteiger partial charge on any atom is -0.274 e. The van der Waals surface area contributed by atoms with Crippen LogP contribution in [0.1, 0.15) is 173 Å². The molecule has 0 bridgehead atoms.